The van der Waals surface area contributed by atoms with Crippen LogP contribution in [0, 0.1) is 6.92 Å². The minimum absolute atomic E-state index is 0.133. The van der Waals surface area contributed by atoms with Crippen molar-refractivity contribution in [3.63, 3.8) is 0 Å². The third-order valence-corrected chi connectivity index (χ3v) is 4.72. The van der Waals surface area contributed by atoms with Gasteiger partial charge in [0.05, 0.1) is 24.2 Å². The Morgan fingerprint density at radius 1 is 1.08 bits per heavy atom. The van der Waals surface area contributed by atoms with Crippen molar-refractivity contribution in [2.45, 2.75) is 27.3 Å². The molecule has 0 bridgehead atoms. The van der Waals surface area contributed by atoms with E-state index in [2.05, 4.69) is 13.8 Å². The summed E-state index contributed by atoms with van der Waals surface area (Å²) in [5, 5.41) is 10.3. The van der Waals surface area contributed by atoms with Crippen LogP contribution in [-0.4, -0.2) is 24.0 Å². The lowest BCUT2D eigenvalue weighted by Gasteiger charge is -2.17. The Morgan fingerprint density at radius 2 is 1.76 bits per heavy atom. The lowest BCUT2D eigenvalue weighted by molar-refractivity contribution is -0.910. The van der Waals surface area contributed by atoms with Crippen molar-refractivity contribution < 1.29 is 19.5 Å². The van der Waals surface area contributed by atoms with Crippen LogP contribution in [0.2, 0.25) is 0 Å². The second-order valence-corrected chi connectivity index (χ2v) is 6.42. The molecule has 4 nitrogen and oxygen atoms in total. The Balaban J connectivity index is 1.96. The molecule has 0 aliphatic carbocycles. The van der Waals surface area contributed by atoms with E-state index in [9.17, 15) is 9.90 Å². The number of hydrogen-bond acceptors (Lipinski definition) is 3. The summed E-state index contributed by atoms with van der Waals surface area (Å²) in [6, 6.07) is 11.2. The topological polar surface area (TPSA) is 51.0 Å². The molecule has 4 heteroatoms. The van der Waals surface area contributed by atoms with Crippen molar-refractivity contribution in [3.8, 4) is 11.5 Å². The van der Waals surface area contributed by atoms with Crippen molar-refractivity contribution in [1.29, 1.82) is 0 Å². The summed E-state index contributed by atoms with van der Waals surface area (Å²) in [6.45, 7) is 8.75. The quantitative estimate of drug-likeness (QED) is 0.824. The lowest BCUT2D eigenvalue weighted by atomic mass is 10.0. The van der Waals surface area contributed by atoms with Gasteiger partial charge in [-0.2, -0.15) is 0 Å². The van der Waals surface area contributed by atoms with Gasteiger partial charge in [0.2, 0.25) is 5.78 Å². The summed E-state index contributed by atoms with van der Waals surface area (Å²) in [7, 11) is 0. The highest BCUT2D eigenvalue weighted by Gasteiger charge is 2.32. The lowest BCUT2D eigenvalue weighted by Crippen LogP contribution is -3.10. The van der Waals surface area contributed by atoms with Gasteiger partial charge < -0.3 is 14.7 Å². The van der Waals surface area contributed by atoms with Crippen LogP contribution in [0.5, 0.6) is 11.5 Å². The average Bonchev–Trinajstić information content (AvgIpc) is 2.92. The van der Waals surface area contributed by atoms with Gasteiger partial charge in [-0.3, -0.25) is 4.79 Å². The number of quaternary nitrogens is 1. The molecule has 0 spiro atoms. The smallest absolute Gasteiger partial charge is 0.231 e. The summed E-state index contributed by atoms with van der Waals surface area (Å²) >= 11 is 0. The number of hydrogen-bond donors (Lipinski definition) is 2. The Hall–Kier alpha value is -2.59. The van der Waals surface area contributed by atoms with Gasteiger partial charge >= 0.3 is 0 Å². The van der Waals surface area contributed by atoms with Crippen LogP contribution in [0.3, 0.4) is 0 Å². The first-order valence-electron chi connectivity index (χ1n) is 8.72. The van der Waals surface area contributed by atoms with Crippen LogP contribution in [0.25, 0.3) is 6.08 Å². The van der Waals surface area contributed by atoms with E-state index in [0.29, 0.717) is 29.2 Å². The first-order valence-corrected chi connectivity index (χ1v) is 8.72. The third-order valence-electron chi connectivity index (χ3n) is 4.72. The zero-order valence-electron chi connectivity index (χ0n) is 14.9. The number of aromatic hydroxyl groups is 1. The molecule has 3 rings (SSSR count). The first kappa shape index (κ1) is 17.2. The van der Waals surface area contributed by atoms with E-state index in [4.69, 9.17) is 4.74 Å². The van der Waals surface area contributed by atoms with Crippen LogP contribution in [-0.2, 0) is 6.54 Å². The minimum Gasteiger partial charge on any atom is -0.507 e. The Morgan fingerprint density at radius 3 is 2.40 bits per heavy atom. The molecule has 0 fully saturated rings. The maximum Gasteiger partial charge on any atom is 0.231 e. The van der Waals surface area contributed by atoms with Crippen LogP contribution in [0.1, 0.15) is 40.9 Å². The van der Waals surface area contributed by atoms with Crippen molar-refractivity contribution in [3.05, 3.63) is 64.4 Å². The third kappa shape index (κ3) is 3.44. The molecular weight excluding hydrogens is 314 g/mol. The number of ether oxygens (including phenoxy) is 1. The normalized spacial score (nSPS) is 14.9. The molecule has 2 aromatic rings. The molecule has 1 aliphatic rings. The van der Waals surface area contributed by atoms with Crippen LogP contribution >= 0.6 is 0 Å². The molecule has 25 heavy (non-hydrogen) atoms. The molecule has 1 heterocycles. The van der Waals surface area contributed by atoms with Crippen LogP contribution in [0.15, 0.2) is 42.2 Å². The predicted molar refractivity (Wildman–Crippen MR) is 98.0 cm³/mol. The molecule has 0 atom stereocenters. The second-order valence-electron chi connectivity index (χ2n) is 6.42. The fourth-order valence-corrected chi connectivity index (χ4v) is 3.03. The number of fused-ring (bicyclic) bond motifs is 1. The van der Waals surface area contributed by atoms with E-state index >= 15 is 0 Å². The number of Topliss-reactive ketones (excluding diaryl/α,β-unsaturated/α-hetero) is 1. The number of aryl methyl sites for hydroxylation is 1. The standard InChI is InChI=1S/C21H23NO3/c1-4-22(5-2)13-17-18(23)11-10-16-20(24)19(25-21(16)17)12-15-8-6-14(3)7-9-15/h6-12,23H,4-5,13H2,1-3H3/p+1/b19-12-. The number of phenolic OH excluding ortho intramolecular Hbond substituents is 1. The molecule has 0 aromatic heterocycles. The summed E-state index contributed by atoms with van der Waals surface area (Å²) < 4.78 is 5.89. The van der Waals surface area contributed by atoms with Gasteiger partial charge in [0, 0.05) is 0 Å². The SMILES string of the molecule is CC[NH+](CC)Cc1c(O)ccc2c1O/C(=C\c1ccc(C)cc1)C2=O. The van der Waals surface area contributed by atoms with Gasteiger partial charge in [-0.15, -0.1) is 0 Å². The first-order chi connectivity index (χ1) is 12.0. The number of phenols is 1. The largest absolute Gasteiger partial charge is 0.507 e. The average molecular weight is 338 g/mol. The fraction of sp³-hybridized carbons (Fsp3) is 0.286. The highest BCUT2D eigenvalue weighted by atomic mass is 16.5. The van der Waals surface area contributed by atoms with Crippen LogP contribution < -0.4 is 9.64 Å². The fourth-order valence-electron chi connectivity index (χ4n) is 3.03. The van der Waals surface area contributed by atoms with Crippen LogP contribution in [0.4, 0.5) is 0 Å². The second kappa shape index (κ2) is 7.11. The zero-order chi connectivity index (χ0) is 18.0. The number of carbonyl (C=O) groups excluding carboxylic acids is 1. The van der Waals surface area contributed by atoms with Gasteiger partial charge in [-0.1, -0.05) is 29.8 Å². The molecule has 1 aliphatic heterocycles. The highest BCUT2D eigenvalue weighted by Crippen LogP contribution is 2.39. The highest BCUT2D eigenvalue weighted by molar-refractivity contribution is 6.14. The van der Waals surface area contributed by atoms with Crippen molar-refractivity contribution in [2.24, 2.45) is 0 Å². The number of nitrogens with one attached hydrogen (secondary N) is 1. The van der Waals surface area contributed by atoms with Gasteiger partial charge in [0.15, 0.2) is 11.5 Å². The van der Waals surface area contributed by atoms with Gasteiger partial charge in [0.25, 0.3) is 0 Å². The summed E-state index contributed by atoms with van der Waals surface area (Å²) in [6.07, 6.45) is 1.76. The molecule has 0 amide bonds. The molecule has 2 N–H and O–H groups in total. The number of rotatable bonds is 5. The number of carbonyl (C=O) groups is 1. The Kier molecular flexibility index (Phi) is 4.91. The molecule has 0 unspecified atom stereocenters. The molecule has 2 aromatic carbocycles. The van der Waals surface area contributed by atoms with E-state index in [0.717, 1.165) is 18.7 Å². The maximum absolute atomic E-state index is 12.7. The summed E-state index contributed by atoms with van der Waals surface area (Å²) in [5.41, 5.74) is 3.31. The molecule has 130 valence electrons. The van der Waals surface area contributed by atoms with E-state index in [-0.39, 0.29) is 11.5 Å². The number of allylic oxidation sites excluding steroid dienone is 1. The molecule has 0 saturated carbocycles. The molecule has 0 saturated heterocycles. The van der Waals surface area contributed by atoms with E-state index in [1.165, 1.54) is 10.5 Å². The maximum atomic E-state index is 12.7. The van der Waals surface area contributed by atoms with Crippen molar-refractivity contribution >= 4 is 11.9 Å². The molecule has 0 radical (unpaired) electrons. The minimum atomic E-state index is -0.133. The number of benzene rings is 2. The summed E-state index contributed by atoms with van der Waals surface area (Å²) in [4.78, 5) is 14.0. The van der Waals surface area contributed by atoms with Crippen molar-refractivity contribution in [2.75, 3.05) is 13.1 Å². The zero-order valence-corrected chi connectivity index (χ0v) is 14.9. The molecular formula is C21H24NO3+. The van der Waals surface area contributed by atoms with Gasteiger partial charge in [-0.25, -0.2) is 0 Å². The number of ketones is 1. The monoisotopic (exact) mass is 338 g/mol. The predicted octanol–water partition coefficient (Wildman–Crippen LogP) is 2.74. The van der Waals surface area contributed by atoms with E-state index < -0.39 is 0 Å². The van der Waals surface area contributed by atoms with E-state index in [1.807, 2.05) is 31.2 Å². The van der Waals surface area contributed by atoms with E-state index in [1.54, 1.807) is 18.2 Å². The summed E-state index contributed by atoms with van der Waals surface area (Å²) in [5.74, 6) is 0.858. The van der Waals surface area contributed by atoms with Gasteiger partial charge in [0.1, 0.15) is 12.3 Å². The van der Waals surface area contributed by atoms with Crippen molar-refractivity contribution in [1.82, 2.24) is 0 Å². The Bertz CT molecular complexity index is 818. The van der Waals surface area contributed by atoms with Gasteiger partial charge in [-0.05, 0) is 44.5 Å². The Labute approximate surface area is 148 Å².